The Morgan fingerprint density at radius 2 is 1.25 bits per heavy atom. The minimum atomic E-state index is -1.50. The van der Waals surface area contributed by atoms with Crippen molar-refractivity contribution in [2.45, 2.75) is 65.2 Å². The first-order chi connectivity index (χ1) is 9.39. The van der Waals surface area contributed by atoms with Gasteiger partial charge in [0.25, 0.3) is 6.16 Å². The maximum absolute atomic E-state index is 9.03. The summed E-state index contributed by atoms with van der Waals surface area (Å²) in [6, 6.07) is 0. The Kier molecular flexibility index (Phi) is 15.8. The minimum absolute atomic E-state index is 1.04. The van der Waals surface area contributed by atoms with Crippen LogP contribution in [-0.2, 0) is 4.74 Å². The minimum Gasteiger partial charge on any atom is -0.553 e. The van der Waals surface area contributed by atoms with Crippen LogP contribution in [0.2, 0.25) is 0 Å². The van der Waals surface area contributed by atoms with Crippen molar-refractivity contribution < 1.29 is 19.1 Å². The van der Waals surface area contributed by atoms with Crippen molar-refractivity contribution in [3.05, 3.63) is 0 Å². The smallest absolute Gasteiger partial charge is 0.251 e. The van der Waals surface area contributed by atoms with Crippen LogP contribution in [0.4, 0.5) is 4.79 Å². The van der Waals surface area contributed by atoms with Gasteiger partial charge in [0.1, 0.15) is 0 Å². The Morgan fingerprint density at radius 3 is 1.50 bits per heavy atom. The van der Waals surface area contributed by atoms with E-state index in [9.17, 15) is 0 Å². The monoisotopic (exact) mass is 289 g/mol. The van der Waals surface area contributed by atoms with E-state index >= 15 is 0 Å². The Morgan fingerprint density at radius 1 is 0.900 bits per heavy atom. The summed E-state index contributed by atoms with van der Waals surface area (Å²) < 4.78 is 4.79. The van der Waals surface area contributed by atoms with E-state index in [2.05, 4.69) is 32.7 Å². The third-order valence-corrected chi connectivity index (χ3v) is 3.40. The van der Waals surface area contributed by atoms with E-state index in [-0.39, 0.29) is 0 Å². The maximum atomic E-state index is 9.03. The molecule has 4 nitrogen and oxygen atoms in total. The molecule has 0 amide bonds. The lowest BCUT2D eigenvalue weighted by atomic mass is 10.1. The van der Waals surface area contributed by atoms with Crippen molar-refractivity contribution in [1.29, 1.82) is 0 Å². The Balaban J connectivity index is 0. The van der Waals surface area contributed by atoms with Gasteiger partial charge in [-0.3, -0.25) is 0 Å². The summed E-state index contributed by atoms with van der Waals surface area (Å²) in [5, 5.41) is 9.03. The number of unbranched alkanes of at least 4 members (excludes halogenated alkanes) is 6. The van der Waals surface area contributed by atoms with Crippen LogP contribution < -0.4 is 5.11 Å². The number of hydrogen-bond acceptors (Lipinski definition) is 3. The molecule has 0 spiro atoms. The van der Waals surface area contributed by atoms with Gasteiger partial charge in [0, 0.05) is 7.11 Å². The van der Waals surface area contributed by atoms with Gasteiger partial charge in [-0.2, -0.15) is 0 Å². The van der Waals surface area contributed by atoms with E-state index in [1.807, 2.05) is 0 Å². The fourth-order valence-corrected chi connectivity index (χ4v) is 2.05. The lowest BCUT2D eigenvalue weighted by molar-refractivity contribution is -0.890. The first kappa shape index (κ1) is 21.5. The molecule has 0 heterocycles. The van der Waals surface area contributed by atoms with Crippen LogP contribution in [-0.4, -0.2) is 44.9 Å². The third-order valence-electron chi connectivity index (χ3n) is 3.40. The third kappa shape index (κ3) is 19.6. The van der Waals surface area contributed by atoms with Crippen LogP contribution in [0, 0.1) is 0 Å². The SMILES string of the molecule is CCCCCC[N+](C)(C)CCCCCC.COC(=O)[O-]. The molecule has 0 saturated carbocycles. The van der Waals surface area contributed by atoms with Crippen LogP contribution in [0.1, 0.15) is 65.2 Å². The molecule has 4 heteroatoms. The number of hydrogen-bond donors (Lipinski definition) is 0. The molecule has 0 aliphatic carbocycles. The molecular formula is C16H35NO3. The molecule has 0 aromatic carbocycles. The van der Waals surface area contributed by atoms with Crippen LogP contribution in [0.15, 0.2) is 0 Å². The van der Waals surface area contributed by atoms with E-state index in [0.717, 1.165) is 7.11 Å². The number of ether oxygens (including phenoxy) is 1. The van der Waals surface area contributed by atoms with Crippen LogP contribution in [0.25, 0.3) is 0 Å². The van der Waals surface area contributed by atoms with Crippen LogP contribution in [0.5, 0.6) is 0 Å². The van der Waals surface area contributed by atoms with Gasteiger partial charge >= 0.3 is 0 Å². The Labute approximate surface area is 125 Å². The van der Waals surface area contributed by atoms with Crippen molar-refractivity contribution in [3.63, 3.8) is 0 Å². The van der Waals surface area contributed by atoms with Crippen molar-refractivity contribution >= 4 is 6.16 Å². The summed E-state index contributed by atoms with van der Waals surface area (Å²) in [5.74, 6) is 0. The van der Waals surface area contributed by atoms with Crippen LogP contribution in [0.3, 0.4) is 0 Å². The summed E-state index contributed by atoms with van der Waals surface area (Å²) in [6.07, 6.45) is 9.70. The highest BCUT2D eigenvalue weighted by Gasteiger charge is 2.13. The summed E-state index contributed by atoms with van der Waals surface area (Å²) in [5.41, 5.74) is 0. The molecule has 0 aliphatic heterocycles. The molecule has 0 bridgehead atoms. The normalized spacial score (nSPS) is 10.7. The number of carbonyl (C=O) groups is 1. The van der Waals surface area contributed by atoms with Crippen molar-refractivity contribution in [1.82, 2.24) is 0 Å². The number of rotatable bonds is 10. The van der Waals surface area contributed by atoms with Crippen molar-refractivity contribution in [3.8, 4) is 0 Å². The number of quaternary nitrogens is 1. The molecule has 0 N–H and O–H groups in total. The lowest BCUT2D eigenvalue weighted by Gasteiger charge is -2.30. The average molecular weight is 289 g/mol. The standard InChI is InChI=1S/C14H32N.C2H4O3/c1-5-7-9-11-13-15(3,4)14-12-10-8-6-2;1-5-2(3)4/h5-14H2,1-4H3;1H3,(H,3,4)/q+1;/p-1. The first-order valence-corrected chi connectivity index (χ1v) is 7.96. The maximum Gasteiger partial charge on any atom is 0.251 e. The molecular weight excluding hydrogens is 254 g/mol. The number of methoxy groups -OCH3 is 1. The summed E-state index contributed by atoms with van der Waals surface area (Å²) in [4.78, 5) is 9.03. The molecule has 0 aromatic rings. The molecule has 0 unspecified atom stereocenters. The molecule has 0 fully saturated rings. The predicted octanol–water partition coefficient (Wildman–Crippen LogP) is 3.20. The zero-order valence-corrected chi connectivity index (χ0v) is 14.2. The van der Waals surface area contributed by atoms with Gasteiger partial charge in [0.15, 0.2) is 0 Å². The van der Waals surface area contributed by atoms with E-state index in [0.29, 0.717) is 0 Å². The van der Waals surface area contributed by atoms with Gasteiger partial charge in [-0.05, 0) is 25.7 Å². The summed E-state index contributed by atoms with van der Waals surface area (Å²) in [6.45, 7) is 7.30. The van der Waals surface area contributed by atoms with Gasteiger partial charge < -0.3 is 19.1 Å². The second kappa shape index (κ2) is 14.6. The Hall–Kier alpha value is -0.770. The van der Waals surface area contributed by atoms with Crippen LogP contribution >= 0.6 is 0 Å². The molecule has 0 saturated heterocycles. The zero-order chi connectivity index (χ0) is 15.9. The van der Waals surface area contributed by atoms with E-state index in [4.69, 9.17) is 9.90 Å². The van der Waals surface area contributed by atoms with Gasteiger partial charge in [-0.25, -0.2) is 0 Å². The zero-order valence-electron chi connectivity index (χ0n) is 14.2. The highest BCUT2D eigenvalue weighted by molar-refractivity contribution is 5.53. The molecule has 0 rings (SSSR count). The lowest BCUT2D eigenvalue weighted by Crippen LogP contribution is -2.41. The average Bonchev–Trinajstić information content (AvgIpc) is 2.40. The molecule has 122 valence electrons. The Bertz CT molecular complexity index is 204. The van der Waals surface area contributed by atoms with Gasteiger partial charge in [-0.1, -0.05) is 39.5 Å². The quantitative estimate of drug-likeness (QED) is 0.352. The fraction of sp³-hybridized carbons (Fsp3) is 0.938. The second-order valence-corrected chi connectivity index (χ2v) is 5.96. The van der Waals surface area contributed by atoms with Gasteiger partial charge in [-0.15, -0.1) is 0 Å². The number of carbonyl (C=O) groups excluding carboxylic acids is 1. The van der Waals surface area contributed by atoms with Crippen molar-refractivity contribution in [2.75, 3.05) is 34.3 Å². The molecule has 0 aromatic heterocycles. The van der Waals surface area contributed by atoms with E-state index < -0.39 is 6.16 Å². The highest BCUT2D eigenvalue weighted by Crippen LogP contribution is 2.08. The van der Waals surface area contributed by atoms with E-state index in [1.54, 1.807) is 0 Å². The van der Waals surface area contributed by atoms with E-state index in [1.165, 1.54) is 68.9 Å². The largest absolute Gasteiger partial charge is 0.553 e. The first-order valence-electron chi connectivity index (χ1n) is 7.96. The molecule has 0 aliphatic rings. The topological polar surface area (TPSA) is 49.4 Å². The van der Waals surface area contributed by atoms with Gasteiger partial charge in [0.2, 0.25) is 0 Å². The molecule has 0 atom stereocenters. The second-order valence-electron chi connectivity index (χ2n) is 5.96. The van der Waals surface area contributed by atoms with Gasteiger partial charge in [0.05, 0.1) is 27.2 Å². The predicted molar refractivity (Wildman–Crippen MR) is 82.5 cm³/mol. The summed E-state index contributed by atoms with van der Waals surface area (Å²) in [7, 11) is 5.81. The number of carboxylic acid groups (broad SMARTS) is 1. The highest BCUT2D eigenvalue weighted by atomic mass is 16.6. The summed E-state index contributed by atoms with van der Waals surface area (Å²) >= 11 is 0. The number of nitrogens with zero attached hydrogens (tertiary/aromatic N) is 1. The molecule has 20 heavy (non-hydrogen) atoms. The van der Waals surface area contributed by atoms with Crippen molar-refractivity contribution in [2.24, 2.45) is 0 Å². The molecule has 0 radical (unpaired) electrons. The fourth-order valence-electron chi connectivity index (χ4n) is 2.05.